The minimum absolute atomic E-state index is 0.00111. The summed E-state index contributed by atoms with van der Waals surface area (Å²) in [6.45, 7) is 2.12. The van der Waals surface area contributed by atoms with Crippen LogP contribution in [0.2, 0.25) is 0 Å². The molecule has 20 heavy (non-hydrogen) atoms. The first kappa shape index (κ1) is 14.5. The Morgan fingerprint density at radius 3 is 2.70 bits per heavy atom. The van der Waals surface area contributed by atoms with Gasteiger partial charge in [-0.25, -0.2) is 0 Å². The van der Waals surface area contributed by atoms with Gasteiger partial charge < -0.3 is 10.6 Å². The molecule has 1 unspecified atom stereocenters. The van der Waals surface area contributed by atoms with Gasteiger partial charge in [-0.3, -0.25) is 14.9 Å². The van der Waals surface area contributed by atoms with E-state index in [-0.39, 0.29) is 11.6 Å². The molecule has 1 aromatic carbocycles. The Kier molecular flexibility index (Phi) is 4.68. The van der Waals surface area contributed by atoms with Crippen molar-refractivity contribution in [3.05, 3.63) is 39.9 Å². The van der Waals surface area contributed by atoms with Crippen molar-refractivity contribution in [1.29, 1.82) is 0 Å². The van der Waals surface area contributed by atoms with Crippen LogP contribution in [0, 0.1) is 16.0 Å². The van der Waals surface area contributed by atoms with Crippen molar-refractivity contribution in [2.45, 2.75) is 19.3 Å². The van der Waals surface area contributed by atoms with Crippen LogP contribution in [0.15, 0.2) is 24.3 Å². The van der Waals surface area contributed by atoms with Crippen molar-refractivity contribution in [2.24, 2.45) is 11.7 Å². The first-order valence-electron chi connectivity index (χ1n) is 6.85. The average molecular weight is 277 g/mol. The van der Waals surface area contributed by atoms with E-state index in [2.05, 4.69) is 0 Å². The number of rotatable bonds is 4. The fourth-order valence-electron chi connectivity index (χ4n) is 2.63. The highest BCUT2D eigenvalue weighted by Crippen LogP contribution is 2.21. The molecule has 0 aromatic heterocycles. The van der Waals surface area contributed by atoms with E-state index in [9.17, 15) is 14.9 Å². The summed E-state index contributed by atoms with van der Waals surface area (Å²) in [7, 11) is 0. The van der Waals surface area contributed by atoms with E-state index < -0.39 is 4.92 Å². The predicted octanol–water partition coefficient (Wildman–Crippen LogP) is 1.80. The fraction of sp³-hybridized carbons (Fsp3) is 0.500. The second-order valence-corrected chi connectivity index (χ2v) is 5.14. The van der Waals surface area contributed by atoms with Gasteiger partial charge in [-0.15, -0.1) is 0 Å². The molecule has 0 spiro atoms. The molecule has 0 bridgehead atoms. The summed E-state index contributed by atoms with van der Waals surface area (Å²) in [6.07, 6.45) is 3.04. The van der Waals surface area contributed by atoms with Gasteiger partial charge in [0, 0.05) is 30.8 Å². The molecule has 6 nitrogen and oxygen atoms in total. The zero-order valence-corrected chi connectivity index (χ0v) is 11.3. The largest absolute Gasteiger partial charge is 0.338 e. The minimum atomic E-state index is -0.466. The Morgan fingerprint density at radius 1 is 1.40 bits per heavy atom. The minimum Gasteiger partial charge on any atom is -0.338 e. The molecule has 6 heteroatoms. The summed E-state index contributed by atoms with van der Waals surface area (Å²) >= 11 is 0. The third kappa shape index (κ3) is 3.33. The molecule has 1 fully saturated rings. The van der Waals surface area contributed by atoms with Crippen molar-refractivity contribution < 1.29 is 9.72 Å². The highest BCUT2D eigenvalue weighted by Gasteiger charge is 2.24. The second kappa shape index (κ2) is 6.47. The molecule has 1 aromatic rings. The van der Waals surface area contributed by atoms with E-state index in [1.807, 2.05) is 4.90 Å². The number of hydrogen-bond donors (Lipinski definition) is 1. The monoisotopic (exact) mass is 277 g/mol. The molecule has 0 radical (unpaired) electrons. The van der Waals surface area contributed by atoms with Gasteiger partial charge >= 0.3 is 0 Å². The maximum absolute atomic E-state index is 12.4. The number of nitro groups is 1. The number of nitrogens with two attached hydrogens (primary N) is 1. The lowest BCUT2D eigenvalue weighted by Crippen LogP contribution is -2.40. The van der Waals surface area contributed by atoms with Crippen molar-refractivity contribution >= 4 is 11.6 Å². The van der Waals surface area contributed by atoms with Crippen LogP contribution in [0.4, 0.5) is 5.69 Å². The number of carbonyl (C=O) groups excluding carboxylic acids is 1. The summed E-state index contributed by atoms with van der Waals surface area (Å²) < 4.78 is 0. The van der Waals surface area contributed by atoms with Gasteiger partial charge in [-0.1, -0.05) is 0 Å². The number of benzene rings is 1. The summed E-state index contributed by atoms with van der Waals surface area (Å²) in [5.41, 5.74) is 6.07. The number of likely N-dealkylation sites (tertiary alicyclic amines) is 1. The van der Waals surface area contributed by atoms with Crippen LogP contribution in [0.1, 0.15) is 29.6 Å². The topological polar surface area (TPSA) is 89.5 Å². The van der Waals surface area contributed by atoms with Crippen LogP contribution < -0.4 is 5.73 Å². The predicted molar refractivity (Wildman–Crippen MR) is 75.4 cm³/mol. The molecule has 0 aliphatic carbocycles. The van der Waals surface area contributed by atoms with Gasteiger partial charge in [0.2, 0.25) is 0 Å². The van der Waals surface area contributed by atoms with Crippen molar-refractivity contribution in [3.63, 3.8) is 0 Å². The molecule has 1 aliphatic rings. The SMILES string of the molecule is NCCC1CCCN(C(=O)c2ccc([N+](=O)[O-])cc2)C1. The van der Waals surface area contributed by atoms with Crippen LogP contribution in [0.5, 0.6) is 0 Å². The number of carbonyl (C=O) groups is 1. The molecule has 108 valence electrons. The summed E-state index contributed by atoms with van der Waals surface area (Å²) in [4.78, 5) is 24.3. The van der Waals surface area contributed by atoms with E-state index in [1.54, 1.807) is 0 Å². The highest BCUT2D eigenvalue weighted by atomic mass is 16.6. The molecule has 0 saturated carbocycles. The lowest BCUT2D eigenvalue weighted by molar-refractivity contribution is -0.384. The lowest BCUT2D eigenvalue weighted by Gasteiger charge is -2.32. The van der Waals surface area contributed by atoms with Crippen molar-refractivity contribution in [1.82, 2.24) is 4.90 Å². The van der Waals surface area contributed by atoms with Gasteiger partial charge in [-0.05, 0) is 43.9 Å². The van der Waals surface area contributed by atoms with Gasteiger partial charge in [-0.2, -0.15) is 0 Å². The number of hydrogen-bond acceptors (Lipinski definition) is 4. The van der Waals surface area contributed by atoms with Crippen LogP contribution in [-0.2, 0) is 0 Å². The summed E-state index contributed by atoms with van der Waals surface area (Å²) in [5, 5.41) is 10.6. The number of nitro benzene ring substituents is 1. The maximum Gasteiger partial charge on any atom is 0.269 e. The number of amides is 1. The Hall–Kier alpha value is -1.95. The van der Waals surface area contributed by atoms with Crippen molar-refractivity contribution in [3.8, 4) is 0 Å². The van der Waals surface area contributed by atoms with Gasteiger partial charge in [0.05, 0.1) is 4.92 Å². The third-order valence-corrected chi connectivity index (χ3v) is 3.71. The molecule has 1 atom stereocenters. The number of nitrogens with zero attached hydrogens (tertiary/aromatic N) is 2. The van der Waals surface area contributed by atoms with E-state index in [1.165, 1.54) is 24.3 Å². The summed E-state index contributed by atoms with van der Waals surface area (Å²) in [6, 6.07) is 5.78. The Balaban J connectivity index is 2.04. The van der Waals surface area contributed by atoms with Crippen LogP contribution in [0.25, 0.3) is 0 Å². The molecule has 1 heterocycles. The van der Waals surface area contributed by atoms with E-state index in [0.717, 1.165) is 32.4 Å². The molecular weight excluding hydrogens is 258 g/mol. The number of non-ortho nitro benzene ring substituents is 1. The summed E-state index contributed by atoms with van der Waals surface area (Å²) in [5.74, 6) is 0.414. The molecule has 2 N–H and O–H groups in total. The second-order valence-electron chi connectivity index (χ2n) is 5.14. The van der Waals surface area contributed by atoms with Crippen LogP contribution >= 0.6 is 0 Å². The lowest BCUT2D eigenvalue weighted by atomic mass is 9.94. The van der Waals surface area contributed by atoms with Crippen LogP contribution in [0.3, 0.4) is 0 Å². The standard InChI is InChI=1S/C14H19N3O3/c15-8-7-11-2-1-9-16(10-11)14(18)12-3-5-13(6-4-12)17(19)20/h3-6,11H,1-2,7-10,15H2. The molecule has 1 aliphatic heterocycles. The quantitative estimate of drug-likeness (QED) is 0.671. The Morgan fingerprint density at radius 2 is 2.10 bits per heavy atom. The molecule has 1 saturated heterocycles. The molecule has 1 amide bonds. The van der Waals surface area contributed by atoms with Crippen molar-refractivity contribution in [2.75, 3.05) is 19.6 Å². The highest BCUT2D eigenvalue weighted by molar-refractivity contribution is 5.94. The smallest absolute Gasteiger partial charge is 0.269 e. The normalized spacial score (nSPS) is 18.9. The Bertz CT molecular complexity index is 485. The maximum atomic E-state index is 12.4. The number of piperidine rings is 1. The van der Waals surface area contributed by atoms with Gasteiger partial charge in [0.1, 0.15) is 0 Å². The third-order valence-electron chi connectivity index (χ3n) is 3.71. The van der Waals surface area contributed by atoms with Gasteiger partial charge in [0.25, 0.3) is 11.6 Å². The van der Waals surface area contributed by atoms with Crippen LogP contribution in [-0.4, -0.2) is 35.4 Å². The van der Waals surface area contributed by atoms with Gasteiger partial charge in [0.15, 0.2) is 0 Å². The zero-order chi connectivity index (χ0) is 14.5. The first-order chi connectivity index (χ1) is 9.61. The van der Waals surface area contributed by atoms with E-state index >= 15 is 0 Å². The molecule has 2 rings (SSSR count). The fourth-order valence-corrected chi connectivity index (χ4v) is 2.63. The first-order valence-corrected chi connectivity index (χ1v) is 6.85. The Labute approximate surface area is 117 Å². The zero-order valence-electron chi connectivity index (χ0n) is 11.3. The van der Waals surface area contributed by atoms with E-state index in [4.69, 9.17) is 5.73 Å². The van der Waals surface area contributed by atoms with E-state index in [0.29, 0.717) is 18.0 Å². The molecular formula is C14H19N3O3. The average Bonchev–Trinajstić information content (AvgIpc) is 2.47.